The second kappa shape index (κ2) is 3.69. The third kappa shape index (κ3) is 1.45. The lowest BCUT2D eigenvalue weighted by Crippen LogP contribution is -2.18. The van der Waals surface area contributed by atoms with Crippen molar-refractivity contribution in [2.24, 2.45) is 0 Å². The van der Waals surface area contributed by atoms with Crippen molar-refractivity contribution in [2.75, 3.05) is 13.6 Å². The van der Waals surface area contributed by atoms with Gasteiger partial charge in [-0.25, -0.2) is 9.97 Å². The van der Waals surface area contributed by atoms with Crippen LogP contribution in [-0.2, 0) is 0 Å². The van der Waals surface area contributed by atoms with Gasteiger partial charge < -0.3 is 10.4 Å². The van der Waals surface area contributed by atoms with Crippen molar-refractivity contribution in [2.45, 2.75) is 6.10 Å². The standard InChI is InChI=1S/C8H11N5O/c1-9-5-7(14)6-4-11-8-10-2-3-12-13(6)8/h2-4,7,9,14H,5H2,1H3. The molecule has 0 saturated heterocycles. The molecule has 0 fully saturated rings. The van der Waals surface area contributed by atoms with Crippen LogP contribution in [0.3, 0.4) is 0 Å². The van der Waals surface area contributed by atoms with Crippen LogP contribution >= 0.6 is 0 Å². The van der Waals surface area contributed by atoms with E-state index in [0.29, 0.717) is 18.0 Å². The number of fused-ring (bicyclic) bond motifs is 1. The Labute approximate surface area is 80.6 Å². The van der Waals surface area contributed by atoms with Crippen LogP contribution in [0.25, 0.3) is 5.78 Å². The van der Waals surface area contributed by atoms with Crippen LogP contribution in [0.2, 0.25) is 0 Å². The first-order valence-electron chi connectivity index (χ1n) is 4.30. The molecule has 2 rings (SSSR count). The Morgan fingerprint density at radius 1 is 1.50 bits per heavy atom. The third-order valence-corrected chi connectivity index (χ3v) is 1.92. The first-order valence-corrected chi connectivity index (χ1v) is 4.30. The van der Waals surface area contributed by atoms with Crippen LogP contribution < -0.4 is 5.32 Å². The monoisotopic (exact) mass is 193 g/mol. The van der Waals surface area contributed by atoms with E-state index >= 15 is 0 Å². The quantitative estimate of drug-likeness (QED) is 0.679. The number of aromatic nitrogens is 4. The summed E-state index contributed by atoms with van der Waals surface area (Å²) in [6.45, 7) is 0.463. The van der Waals surface area contributed by atoms with Gasteiger partial charge in [0.05, 0.1) is 24.3 Å². The maximum atomic E-state index is 9.72. The molecule has 0 aliphatic carbocycles. The Morgan fingerprint density at radius 3 is 3.14 bits per heavy atom. The summed E-state index contributed by atoms with van der Waals surface area (Å²) in [5.41, 5.74) is 0.641. The normalized spacial score (nSPS) is 13.3. The van der Waals surface area contributed by atoms with Gasteiger partial charge in [-0.1, -0.05) is 0 Å². The van der Waals surface area contributed by atoms with E-state index in [1.807, 2.05) is 0 Å². The second-order valence-electron chi connectivity index (χ2n) is 2.91. The Hall–Kier alpha value is -1.53. The van der Waals surface area contributed by atoms with Gasteiger partial charge in [0, 0.05) is 6.54 Å². The summed E-state index contributed by atoms with van der Waals surface area (Å²) in [6, 6.07) is 0. The van der Waals surface area contributed by atoms with Gasteiger partial charge >= 0.3 is 0 Å². The highest BCUT2D eigenvalue weighted by molar-refractivity contribution is 5.28. The molecule has 0 aliphatic heterocycles. The van der Waals surface area contributed by atoms with Gasteiger partial charge in [0.1, 0.15) is 6.10 Å². The van der Waals surface area contributed by atoms with Crippen molar-refractivity contribution < 1.29 is 5.11 Å². The zero-order chi connectivity index (χ0) is 9.97. The molecule has 2 aromatic heterocycles. The Morgan fingerprint density at radius 2 is 2.36 bits per heavy atom. The minimum absolute atomic E-state index is 0.463. The topological polar surface area (TPSA) is 75.3 Å². The van der Waals surface area contributed by atoms with E-state index < -0.39 is 6.10 Å². The third-order valence-electron chi connectivity index (χ3n) is 1.92. The molecule has 0 radical (unpaired) electrons. The molecule has 2 aromatic rings. The van der Waals surface area contributed by atoms with E-state index in [0.717, 1.165) is 0 Å². The molecule has 2 heterocycles. The van der Waals surface area contributed by atoms with E-state index in [4.69, 9.17) is 0 Å². The fraction of sp³-hybridized carbons (Fsp3) is 0.375. The number of hydrogen-bond donors (Lipinski definition) is 2. The van der Waals surface area contributed by atoms with Gasteiger partial charge in [-0.2, -0.15) is 9.61 Å². The summed E-state index contributed by atoms with van der Waals surface area (Å²) in [7, 11) is 1.78. The summed E-state index contributed by atoms with van der Waals surface area (Å²) in [5.74, 6) is 0.498. The summed E-state index contributed by atoms with van der Waals surface area (Å²) in [5, 5.41) is 16.6. The summed E-state index contributed by atoms with van der Waals surface area (Å²) < 4.78 is 1.53. The van der Waals surface area contributed by atoms with Crippen molar-refractivity contribution in [3.05, 3.63) is 24.3 Å². The SMILES string of the molecule is CNCC(O)c1cnc2nccnn12. The molecule has 0 spiro atoms. The summed E-state index contributed by atoms with van der Waals surface area (Å²) >= 11 is 0. The average molecular weight is 193 g/mol. The smallest absolute Gasteiger partial charge is 0.250 e. The molecule has 74 valence electrons. The molecule has 0 saturated carbocycles. The van der Waals surface area contributed by atoms with Gasteiger partial charge in [0.25, 0.3) is 5.78 Å². The predicted octanol–water partition coefficient (Wildman–Crippen LogP) is -0.623. The molecule has 2 N–H and O–H groups in total. The number of nitrogens with one attached hydrogen (secondary N) is 1. The zero-order valence-electron chi connectivity index (χ0n) is 7.75. The van der Waals surface area contributed by atoms with E-state index in [-0.39, 0.29) is 0 Å². The predicted molar refractivity (Wildman–Crippen MR) is 49.7 cm³/mol. The molecule has 6 nitrogen and oxygen atoms in total. The number of aliphatic hydroxyl groups excluding tert-OH is 1. The Bertz CT molecular complexity index is 426. The minimum Gasteiger partial charge on any atom is -0.385 e. The molecule has 0 amide bonds. The van der Waals surface area contributed by atoms with Crippen molar-refractivity contribution in [3.8, 4) is 0 Å². The molecular formula is C8H11N5O. The Kier molecular flexibility index (Phi) is 2.38. The highest BCUT2D eigenvalue weighted by atomic mass is 16.3. The van der Waals surface area contributed by atoms with Crippen LogP contribution in [0.4, 0.5) is 0 Å². The number of hydrogen-bond acceptors (Lipinski definition) is 5. The maximum absolute atomic E-state index is 9.72. The number of likely N-dealkylation sites (N-methyl/N-ethyl adjacent to an activating group) is 1. The molecule has 0 bridgehead atoms. The van der Waals surface area contributed by atoms with Gasteiger partial charge in [0.2, 0.25) is 0 Å². The largest absolute Gasteiger partial charge is 0.385 e. The molecule has 14 heavy (non-hydrogen) atoms. The number of rotatable bonds is 3. The van der Waals surface area contributed by atoms with Crippen LogP contribution in [0.1, 0.15) is 11.8 Å². The van der Waals surface area contributed by atoms with Crippen LogP contribution in [0, 0.1) is 0 Å². The Balaban J connectivity index is 2.42. The van der Waals surface area contributed by atoms with E-state index in [1.165, 1.54) is 4.52 Å². The molecule has 1 unspecified atom stereocenters. The van der Waals surface area contributed by atoms with Crippen LogP contribution in [-0.4, -0.2) is 38.3 Å². The second-order valence-corrected chi connectivity index (χ2v) is 2.91. The zero-order valence-corrected chi connectivity index (χ0v) is 7.75. The van der Waals surface area contributed by atoms with Gasteiger partial charge in [-0.05, 0) is 7.05 Å². The molecule has 1 atom stereocenters. The van der Waals surface area contributed by atoms with Gasteiger partial charge in [0.15, 0.2) is 0 Å². The minimum atomic E-state index is -0.619. The highest BCUT2D eigenvalue weighted by Gasteiger charge is 2.12. The highest BCUT2D eigenvalue weighted by Crippen LogP contribution is 2.11. The molecule has 0 aromatic carbocycles. The van der Waals surface area contributed by atoms with Crippen molar-refractivity contribution >= 4 is 5.78 Å². The van der Waals surface area contributed by atoms with Crippen LogP contribution in [0.15, 0.2) is 18.6 Å². The summed E-state index contributed by atoms with van der Waals surface area (Å²) in [6.07, 6.45) is 4.09. The van der Waals surface area contributed by atoms with Crippen molar-refractivity contribution in [3.63, 3.8) is 0 Å². The first-order chi connectivity index (χ1) is 6.83. The molecule has 0 aliphatic rings. The lowest BCUT2D eigenvalue weighted by Gasteiger charge is -2.07. The van der Waals surface area contributed by atoms with Gasteiger partial charge in [-0.15, -0.1) is 0 Å². The molecule has 6 heteroatoms. The van der Waals surface area contributed by atoms with Gasteiger partial charge in [-0.3, -0.25) is 0 Å². The number of imidazole rings is 1. The fourth-order valence-electron chi connectivity index (χ4n) is 1.28. The maximum Gasteiger partial charge on any atom is 0.250 e. The number of nitrogens with zero attached hydrogens (tertiary/aromatic N) is 4. The lowest BCUT2D eigenvalue weighted by molar-refractivity contribution is 0.170. The first kappa shape index (κ1) is 9.04. The lowest BCUT2D eigenvalue weighted by atomic mass is 10.3. The van der Waals surface area contributed by atoms with Crippen molar-refractivity contribution in [1.82, 2.24) is 24.9 Å². The molecular weight excluding hydrogens is 182 g/mol. The van der Waals surface area contributed by atoms with E-state index in [2.05, 4.69) is 20.4 Å². The fourth-order valence-corrected chi connectivity index (χ4v) is 1.28. The number of aliphatic hydroxyl groups is 1. The summed E-state index contributed by atoms with van der Waals surface area (Å²) in [4.78, 5) is 8.03. The van der Waals surface area contributed by atoms with E-state index in [9.17, 15) is 5.11 Å². The average Bonchev–Trinajstić information content (AvgIpc) is 2.61. The van der Waals surface area contributed by atoms with Crippen molar-refractivity contribution in [1.29, 1.82) is 0 Å². The van der Waals surface area contributed by atoms with E-state index in [1.54, 1.807) is 25.6 Å². The van der Waals surface area contributed by atoms with Crippen LogP contribution in [0.5, 0.6) is 0 Å².